The Hall–Kier alpha value is -1.02. The molecule has 0 aromatic heterocycles. The van der Waals surface area contributed by atoms with Gasteiger partial charge < -0.3 is 4.74 Å². The normalized spacial score (nSPS) is 10.1. The highest BCUT2D eigenvalue weighted by Gasteiger charge is 2.07. The number of aryl methyl sites for hydroxylation is 2. The average molecular weight is 227 g/mol. The first-order valence-electron chi connectivity index (χ1n) is 4.95. The highest BCUT2D eigenvalue weighted by molar-refractivity contribution is 6.17. The first-order chi connectivity index (χ1) is 7.15. The summed E-state index contributed by atoms with van der Waals surface area (Å²) < 4.78 is 5.04. The second-order valence-corrected chi connectivity index (χ2v) is 3.86. The van der Waals surface area contributed by atoms with Crippen molar-refractivity contribution in [3.05, 3.63) is 34.9 Å². The van der Waals surface area contributed by atoms with E-state index in [4.69, 9.17) is 16.3 Å². The lowest BCUT2D eigenvalue weighted by molar-refractivity contribution is 0.0506. The van der Waals surface area contributed by atoms with Gasteiger partial charge in [0.25, 0.3) is 0 Å². The number of carbonyl (C=O) groups is 1. The van der Waals surface area contributed by atoms with Gasteiger partial charge in [-0.1, -0.05) is 6.07 Å². The number of hydrogen-bond acceptors (Lipinski definition) is 2. The molecule has 0 aliphatic rings. The minimum absolute atomic E-state index is 0.275. The molecule has 1 aromatic carbocycles. The SMILES string of the molecule is Cc1ccc(C(=O)OCCCCl)cc1C. The predicted molar refractivity (Wildman–Crippen MR) is 61.5 cm³/mol. The van der Waals surface area contributed by atoms with Crippen LogP contribution in [0, 0.1) is 13.8 Å². The molecule has 0 aliphatic heterocycles. The molecule has 0 radical (unpaired) electrons. The maximum absolute atomic E-state index is 11.5. The minimum Gasteiger partial charge on any atom is -0.462 e. The molecule has 0 aliphatic carbocycles. The van der Waals surface area contributed by atoms with E-state index in [-0.39, 0.29) is 5.97 Å². The number of ether oxygens (including phenoxy) is 1. The Morgan fingerprint density at radius 3 is 2.67 bits per heavy atom. The van der Waals surface area contributed by atoms with Crippen molar-refractivity contribution >= 4 is 17.6 Å². The Morgan fingerprint density at radius 2 is 2.07 bits per heavy atom. The number of esters is 1. The predicted octanol–water partition coefficient (Wildman–Crippen LogP) is 3.09. The molecule has 3 heteroatoms. The standard InChI is InChI=1S/C12H15ClO2/c1-9-4-5-11(8-10(9)2)12(14)15-7-3-6-13/h4-5,8H,3,6-7H2,1-2H3. The van der Waals surface area contributed by atoms with Crippen LogP contribution in [0.5, 0.6) is 0 Å². The lowest BCUT2D eigenvalue weighted by atomic mass is 10.1. The summed E-state index contributed by atoms with van der Waals surface area (Å²) in [4.78, 5) is 11.5. The van der Waals surface area contributed by atoms with Crippen LogP contribution < -0.4 is 0 Å². The van der Waals surface area contributed by atoms with E-state index in [1.165, 1.54) is 5.56 Å². The van der Waals surface area contributed by atoms with E-state index < -0.39 is 0 Å². The van der Waals surface area contributed by atoms with Crippen molar-refractivity contribution in [3.8, 4) is 0 Å². The highest BCUT2D eigenvalue weighted by Crippen LogP contribution is 2.10. The molecule has 82 valence electrons. The molecule has 0 N–H and O–H groups in total. The first-order valence-corrected chi connectivity index (χ1v) is 5.49. The van der Waals surface area contributed by atoms with Gasteiger partial charge in [-0.15, -0.1) is 11.6 Å². The summed E-state index contributed by atoms with van der Waals surface area (Å²) >= 11 is 5.49. The van der Waals surface area contributed by atoms with Crippen molar-refractivity contribution in [3.63, 3.8) is 0 Å². The van der Waals surface area contributed by atoms with Crippen LogP contribution in [0.15, 0.2) is 18.2 Å². The van der Waals surface area contributed by atoms with Crippen molar-refractivity contribution in [1.29, 1.82) is 0 Å². The van der Waals surface area contributed by atoms with Crippen molar-refractivity contribution in [2.75, 3.05) is 12.5 Å². The fraction of sp³-hybridized carbons (Fsp3) is 0.417. The minimum atomic E-state index is -0.275. The zero-order valence-corrected chi connectivity index (χ0v) is 9.80. The molecule has 0 heterocycles. The quantitative estimate of drug-likeness (QED) is 0.448. The summed E-state index contributed by atoms with van der Waals surface area (Å²) in [5.41, 5.74) is 2.88. The van der Waals surface area contributed by atoms with Gasteiger partial charge in [-0.2, -0.15) is 0 Å². The van der Waals surface area contributed by atoms with E-state index >= 15 is 0 Å². The molecule has 15 heavy (non-hydrogen) atoms. The summed E-state index contributed by atoms with van der Waals surface area (Å²) in [5, 5.41) is 0. The number of hydrogen-bond donors (Lipinski definition) is 0. The first kappa shape index (κ1) is 12.1. The van der Waals surface area contributed by atoms with Gasteiger partial charge in [0.2, 0.25) is 0 Å². The zero-order chi connectivity index (χ0) is 11.3. The molecule has 2 nitrogen and oxygen atoms in total. The van der Waals surface area contributed by atoms with Gasteiger partial charge in [-0.05, 0) is 43.5 Å². The lowest BCUT2D eigenvalue weighted by Gasteiger charge is -2.05. The fourth-order valence-electron chi connectivity index (χ4n) is 1.17. The summed E-state index contributed by atoms with van der Waals surface area (Å²) in [6, 6.07) is 5.55. The van der Waals surface area contributed by atoms with Gasteiger partial charge in [0.15, 0.2) is 0 Å². The Balaban J connectivity index is 2.62. The van der Waals surface area contributed by atoms with E-state index in [2.05, 4.69) is 0 Å². The van der Waals surface area contributed by atoms with Gasteiger partial charge in [-0.25, -0.2) is 4.79 Å². The van der Waals surface area contributed by atoms with E-state index in [0.29, 0.717) is 24.5 Å². The van der Waals surface area contributed by atoms with Crippen LogP contribution in [0.3, 0.4) is 0 Å². The van der Waals surface area contributed by atoms with Crippen LogP contribution in [0.4, 0.5) is 0 Å². The number of alkyl halides is 1. The molecular formula is C12H15ClO2. The largest absolute Gasteiger partial charge is 0.462 e. The summed E-state index contributed by atoms with van der Waals surface area (Å²) in [7, 11) is 0. The smallest absolute Gasteiger partial charge is 0.338 e. The fourth-order valence-corrected chi connectivity index (χ4v) is 1.28. The molecule has 1 aromatic rings. The molecule has 0 atom stereocenters. The van der Waals surface area contributed by atoms with E-state index in [9.17, 15) is 4.79 Å². The molecule has 1 rings (SSSR count). The van der Waals surface area contributed by atoms with Crippen molar-refractivity contribution < 1.29 is 9.53 Å². The summed E-state index contributed by atoms with van der Waals surface area (Å²) in [6.07, 6.45) is 0.693. The highest BCUT2D eigenvalue weighted by atomic mass is 35.5. The number of benzene rings is 1. The van der Waals surface area contributed by atoms with E-state index in [0.717, 1.165) is 5.56 Å². The Bertz CT molecular complexity index is 347. The molecular weight excluding hydrogens is 212 g/mol. The van der Waals surface area contributed by atoms with Crippen LogP contribution in [0.1, 0.15) is 27.9 Å². The maximum Gasteiger partial charge on any atom is 0.338 e. The van der Waals surface area contributed by atoms with Gasteiger partial charge in [0.05, 0.1) is 12.2 Å². The monoisotopic (exact) mass is 226 g/mol. The van der Waals surface area contributed by atoms with Crippen LogP contribution >= 0.6 is 11.6 Å². The van der Waals surface area contributed by atoms with E-state index in [1.807, 2.05) is 26.0 Å². The van der Waals surface area contributed by atoms with Crippen molar-refractivity contribution in [2.45, 2.75) is 20.3 Å². The third-order valence-corrected chi connectivity index (χ3v) is 2.52. The summed E-state index contributed by atoms with van der Waals surface area (Å²) in [6.45, 7) is 4.37. The third kappa shape index (κ3) is 3.56. The van der Waals surface area contributed by atoms with Crippen LogP contribution in [-0.4, -0.2) is 18.5 Å². The topological polar surface area (TPSA) is 26.3 Å². The molecule has 0 saturated carbocycles. The van der Waals surface area contributed by atoms with Gasteiger partial charge >= 0.3 is 5.97 Å². The third-order valence-electron chi connectivity index (χ3n) is 2.25. The summed E-state index contributed by atoms with van der Waals surface area (Å²) in [5.74, 6) is 0.239. The molecule has 0 spiro atoms. The van der Waals surface area contributed by atoms with Crippen molar-refractivity contribution in [1.82, 2.24) is 0 Å². The Labute approximate surface area is 95.2 Å². The Kier molecular flexibility index (Phi) is 4.63. The number of rotatable bonds is 4. The molecule has 0 bridgehead atoms. The number of carbonyl (C=O) groups excluding carboxylic acids is 1. The molecule has 0 unspecified atom stereocenters. The van der Waals surface area contributed by atoms with Gasteiger partial charge in [0.1, 0.15) is 0 Å². The Morgan fingerprint density at radius 1 is 1.33 bits per heavy atom. The number of halogens is 1. The van der Waals surface area contributed by atoms with Gasteiger partial charge in [-0.3, -0.25) is 0 Å². The lowest BCUT2D eigenvalue weighted by Crippen LogP contribution is -2.07. The maximum atomic E-state index is 11.5. The van der Waals surface area contributed by atoms with Crippen LogP contribution in [0.25, 0.3) is 0 Å². The van der Waals surface area contributed by atoms with Gasteiger partial charge in [0, 0.05) is 5.88 Å². The van der Waals surface area contributed by atoms with E-state index in [1.54, 1.807) is 6.07 Å². The van der Waals surface area contributed by atoms with Crippen LogP contribution in [-0.2, 0) is 4.74 Å². The zero-order valence-electron chi connectivity index (χ0n) is 9.05. The molecule has 0 fully saturated rings. The molecule has 0 saturated heterocycles. The average Bonchev–Trinajstić information content (AvgIpc) is 2.22. The second kappa shape index (κ2) is 5.76. The molecule has 0 amide bonds. The second-order valence-electron chi connectivity index (χ2n) is 3.48. The van der Waals surface area contributed by atoms with Crippen LogP contribution in [0.2, 0.25) is 0 Å². The van der Waals surface area contributed by atoms with Crippen molar-refractivity contribution in [2.24, 2.45) is 0 Å².